The average molecular weight is 254 g/mol. The number of aliphatic hydroxyl groups is 2. The molecule has 1 aromatic rings. The van der Waals surface area contributed by atoms with Crippen molar-refractivity contribution in [1.82, 2.24) is 0 Å². The van der Waals surface area contributed by atoms with Crippen molar-refractivity contribution in [3.8, 4) is 0 Å². The number of carboxylic acids is 1. The van der Waals surface area contributed by atoms with Gasteiger partial charge in [0.15, 0.2) is 29.4 Å². The first-order valence-electron chi connectivity index (χ1n) is 4.19. The van der Waals surface area contributed by atoms with E-state index in [2.05, 4.69) is 0 Å². The van der Waals surface area contributed by atoms with Crippen LogP contribution in [0.15, 0.2) is 6.07 Å². The van der Waals surface area contributed by atoms with Crippen LogP contribution in [0, 0.1) is 23.3 Å². The molecule has 0 spiro atoms. The molecule has 4 nitrogen and oxygen atoms in total. The van der Waals surface area contributed by atoms with Gasteiger partial charge >= 0.3 is 5.97 Å². The first kappa shape index (κ1) is 13.4. The molecule has 1 aromatic carbocycles. The summed E-state index contributed by atoms with van der Waals surface area (Å²) < 4.78 is 51.6. The molecule has 0 amide bonds. The van der Waals surface area contributed by atoms with Crippen molar-refractivity contribution in [3.63, 3.8) is 0 Å². The topological polar surface area (TPSA) is 77.8 Å². The molecule has 0 fully saturated rings. The van der Waals surface area contributed by atoms with Crippen LogP contribution in [0.3, 0.4) is 0 Å². The molecule has 0 aromatic heterocycles. The summed E-state index contributed by atoms with van der Waals surface area (Å²) in [5.41, 5.74) is -1.57. The SMILES string of the molecule is O=C(O)C(O)C(O)c1c(F)c(F)cc(F)c1F. The Morgan fingerprint density at radius 1 is 1.06 bits per heavy atom. The molecule has 8 heteroatoms. The van der Waals surface area contributed by atoms with Gasteiger partial charge in [-0.15, -0.1) is 0 Å². The summed E-state index contributed by atoms with van der Waals surface area (Å²) in [7, 11) is 0. The highest BCUT2D eigenvalue weighted by molar-refractivity contribution is 5.73. The fourth-order valence-electron chi connectivity index (χ4n) is 1.14. The molecule has 0 saturated heterocycles. The normalized spacial score (nSPS) is 14.5. The summed E-state index contributed by atoms with van der Waals surface area (Å²) in [6.45, 7) is 0. The highest BCUT2D eigenvalue weighted by atomic mass is 19.2. The molecular weight excluding hydrogens is 248 g/mol. The molecule has 0 aliphatic heterocycles. The Morgan fingerprint density at radius 2 is 1.47 bits per heavy atom. The van der Waals surface area contributed by atoms with Crippen molar-refractivity contribution in [1.29, 1.82) is 0 Å². The van der Waals surface area contributed by atoms with E-state index in [1.165, 1.54) is 0 Å². The molecule has 0 aliphatic carbocycles. The number of rotatable bonds is 3. The van der Waals surface area contributed by atoms with Gasteiger partial charge in [0.05, 0.1) is 5.56 Å². The van der Waals surface area contributed by atoms with Crippen LogP contribution < -0.4 is 0 Å². The van der Waals surface area contributed by atoms with Gasteiger partial charge in [0.2, 0.25) is 0 Å². The van der Waals surface area contributed by atoms with Crippen molar-refractivity contribution in [2.75, 3.05) is 0 Å². The van der Waals surface area contributed by atoms with Gasteiger partial charge in [0, 0.05) is 6.07 Å². The smallest absolute Gasteiger partial charge is 0.335 e. The third kappa shape index (κ3) is 2.37. The maximum atomic E-state index is 13.1. The molecule has 0 radical (unpaired) electrons. The van der Waals surface area contributed by atoms with Crippen molar-refractivity contribution in [3.05, 3.63) is 34.9 Å². The fraction of sp³-hybridized carbons (Fsp3) is 0.222. The molecule has 0 heterocycles. The highest BCUT2D eigenvalue weighted by Gasteiger charge is 2.33. The largest absolute Gasteiger partial charge is 0.479 e. The van der Waals surface area contributed by atoms with E-state index < -0.39 is 47.0 Å². The van der Waals surface area contributed by atoms with Gasteiger partial charge in [0.25, 0.3) is 0 Å². The minimum absolute atomic E-state index is 0.103. The van der Waals surface area contributed by atoms with Crippen molar-refractivity contribution < 1.29 is 37.7 Å². The zero-order chi connectivity index (χ0) is 13.3. The molecule has 0 bridgehead atoms. The van der Waals surface area contributed by atoms with E-state index in [-0.39, 0.29) is 6.07 Å². The van der Waals surface area contributed by atoms with E-state index in [4.69, 9.17) is 15.3 Å². The van der Waals surface area contributed by atoms with Crippen LogP contribution >= 0.6 is 0 Å². The van der Waals surface area contributed by atoms with Crippen LogP contribution in [-0.4, -0.2) is 27.4 Å². The van der Waals surface area contributed by atoms with Crippen LogP contribution in [0.1, 0.15) is 11.7 Å². The summed E-state index contributed by atoms with van der Waals surface area (Å²) in [5, 5.41) is 26.3. The molecule has 2 unspecified atom stereocenters. The monoisotopic (exact) mass is 254 g/mol. The Kier molecular flexibility index (Phi) is 3.69. The molecule has 1 rings (SSSR count). The third-order valence-electron chi connectivity index (χ3n) is 1.99. The van der Waals surface area contributed by atoms with Crippen molar-refractivity contribution >= 4 is 5.97 Å². The zero-order valence-corrected chi connectivity index (χ0v) is 7.99. The number of carboxylic acid groups (broad SMARTS) is 1. The first-order valence-corrected chi connectivity index (χ1v) is 4.19. The Morgan fingerprint density at radius 3 is 1.82 bits per heavy atom. The summed E-state index contributed by atoms with van der Waals surface area (Å²) >= 11 is 0. The summed E-state index contributed by atoms with van der Waals surface area (Å²) in [6.07, 6.45) is -5.24. The Balaban J connectivity index is 3.35. The lowest BCUT2D eigenvalue weighted by atomic mass is 10.0. The third-order valence-corrected chi connectivity index (χ3v) is 1.99. The predicted octanol–water partition coefficient (Wildman–Crippen LogP) is 0.722. The molecule has 17 heavy (non-hydrogen) atoms. The highest BCUT2D eigenvalue weighted by Crippen LogP contribution is 2.27. The Hall–Kier alpha value is -1.67. The number of halogens is 4. The van der Waals surface area contributed by atoms with Crippen molar-refractivity contribution in [2.45, 2.75) is 12.2 Å². The van der Waals surface area contributed by atoms with Gasteiger partial charge < -0.3 is 15.3 Å². The number of benzene rings is 1. The van der Waals surface area contributed by atoms with Crippen LogP contribution in [0.2, 0.25) is 0 Å². The van der Waals surface area contributed by atoms with Gasteiger partial charge in [-0.2, -0.15) is 0 Å². The second-order valence-corrected chi connectivity index (χ2v) is 3.11. The number of hydrogen-bond donors (Lipinski definition) is 3. The lowest BCUT2D eigenvalue weighted by Crippen LogP contribution is -2.29. The lowest BCUT2D eigenvalue weighted by Gasteiger charge is -2.16. The summed E-state index contributed by atoms with van der Waals surface area (Å²) in [5.74, 6) is -9.54. The number of aliphatic carboxylic acids is 1. The van der Waals surface area contributed by atoms with Crippen LogP contribution in [-0.2, 0) is 4.79 Å². The molecule has 2 atom stereocenters. The van der Waals surface area contributed by atoms with Gasteiger partial charge in [-0.05, 0) is 0 Å². The van der Waals surface area contributed by atoms with E-state index in [0.717, 1.165) is 0 Å². The molecule has 3 N–H and O–H groups in total. The Bertz CT molecular complexity index is 437. The van der Waals surface area contributed by atoms with E-state index in [1.54, 1.807) is 0 Å². The quantitative estimate of drug-likeness (QED) is 0.548. The molecule has 0 aliphatic rings. The average Bonchev–Trinajstić information content (AvgIpc) is 2.25. The van der Waals surface area contributed by atoms with E-state index in [9.17, 15) is 22.4 Å². The summed E-state index contributed by atoms with van der Waals surface area (Å²) in [6, 6.07) is -0.103. The predicted molar refractivity (Wildman–Crippen MR) is 44.9 cm³/mol. The van der Waals surface area contributed by atoms with Crippen LogP contribution in [0.25, 0.3) is 0 Å². The number of carbonyl (C=O) groups is 1. The van der Waals surface area contributed by atoms with Gasteiger partial charge in [0.1, 0.15) is 6.10 Å². The maximum absolute atomic E-state index is 13.1. The first-order chi connectivity index (χ1) is 7.77. The van der Waals surface area contributed by atoms with Crippen LogP contribution in [0.4, 0.5) is 17.6 Å². The molecular formula is C9H6F4O4. The Labute approximate surface area is 91.7 Å². The minimum Gasteiger partial charge on any atom is -0.479 e. The minimum atomic E-state index is -2.63. The molecule has 94 valence electrons. The lowest BCUT2D eigenvalue weighted by molar-refractivity contribution is -0.153. The van der Waals surface area contributed by atoms with Gasteiger partial charge in [-0.25, -0.2) is 22.4 Å². The fourth-order valence-corrected chi connectivity index (χ4v) is 1.14. The maximum Gasteiger partial charge on any atom is 0.335 e. The number of hydrogen-bond acceptors (Lipinski definition) is 3. The van der Waals surface area contributed by atoms with Gasteiger partial charge in [-0.1, -0.05) is 0 Å². The summed E-state index contributed by atoms with van der Waals surface area (Å²) in [4.78, 5) is 10.3. The van der Waals surface area contributed by atoms with Crippen molar-refractivity contribution in [2.24, 2.45) is 0 Å². The standard InChI is InChI=1S/C9H6F4O4/c10-2-1-3(11)6(13)4(5(2)12)7(14)8(15)9(16)17/h1,7-8,14-15H,(H,16,17). The zero-order valence-electron chi connectivity index (χ0n) is 7.99. The van der Waals surface area contributed by atoms with E-state index in [0.29, 0.717) is 0 Å². The second-order valence-electron chi connectivity index (χ2n) is 3.11. The second kappa shape index (κ2) is 4.68. The molecule has 0 saturated carbocycles. The van der Waals surface area contributed by atoms with E-state index >= 15 is 0 Å². The van der Waals surface area contributed by atoms with Gasteiger partial charge in [-0.3, -0.25) is 0 Å². The van der Waals surface area contributed by atoms with Crippen LogP contribution in [0.5, 0.6) is 0 Å². The van der Waals surface area contributed by atoms with E-state index in [1.807, 2.05) is 0 Å². The number of aliphatic hydroxyl groups excluding tert-OH is 2.